The van der Waals surface area contributed by atoms with E-state index in [1.807, 2.05) is 31.2 Å². The second kappa shape index (κ2) is 9.25. The Morgan fingerprint density at radius 2 is 2.14 bits per heavy atom. The molecular weight excluding hydrogens is 396 g/mol. The Morgan fingerprint density at radius 1 is 1.32 bits per heavy atom. The molecule has 1 N–H and O–H groups in total. The second-order valence-corrected chi connectivity index (χ2v) is 8.56. The molecule has 1 aromatic heterocycles. The molecule has 1 aliphatic carbocycles. The van der Waals surface area contributed by atoms with Gasteiger partial charge in [0.25, 0.3) is 5.91 Å². The van der Waals surface area contributed by atoms with Gasteiger partial charge in [0, 0.05) is 21.9 Å². The van der Waals surface area contributed by atoms with Crippen molar-refractivity contribution in [1.29, 1.82) is 0 Å². The number of aryl methyl sites for hydroxylation is 2. The number of hydrogen-bond acceptors (Lipinski definition) is 7. The van der Waals surface area contributed by atoms with Crippen molar-refractivity contribution in [3.8, 4) is 5.75 Å². The number of thioether (sulfide) groups is 1. The van der Waals surface area contributed by atoms with E-state index in [0.29, 0.717) is 22.1 Å². The van der Waals surface area contributed by atoms with Gasteiger partial charge in [0.1, 0.15) is 5.75 Å². The Bertz CT molecular complexity index is 899. The van der Waals surface area contributed by atoms with Gasteiger partial charge in [-0.05, 0) is 61.6 Å². The molecule has 1 heterocycles. The smallest absolute Gasteiger partial charge is 0.281 e. The molecule has 0 radical (unpaired) electrons. The van der Waals surface area contributed by atoms with Crippen LogP contribution in [0.5, 0.6) is 5.75 Å². The van der Waals surface area contributed by atoms with E-state index in [1.54, 1.807) is 18.4 Å². The number of nitrogens with one attached hydrogen (secondary N) is 1. The summed E-state index contributed by atoms with van der Waals surface area (Å²) in [5.74, 6) is -0.219. The number of carbonyl (C=O) groups is 2. The Balaban J connectivity index is 1.68. The molecule has 0 aliphatic heterocycles. The monoisotopic (exact) mass is 417 g/mol. The SMILES string of the molecule is COc1ccc(/C(C)=N\NC(=O)c2cc3c(s2)CCC3)cc1CSCC(=O)[O-]. The van der Waals surface area contributed by atoms with Crippen molar-refractivity contribution in [3.05, 3.63) is 50.7 Å². The van der Waals surface area contributed by atoms with Crippen LogP contribution in [0.3, 0.4) is 0 Å². The minimum absolute atomic E-state index is 0.0820. The fourth-order valence-electron chi connectivity index (χ4n) is 3.06. The molecule has 1 aromatic carbocycles. The summed E-state index contributed by atoms with van der Waals surface area (Å²) in [5.41, 5.74) is 6.26. The van der Waals surface area contributed by atoms with Crippen LogP contribution in [-0.4, -0.2) is 30.5 Å². The topological polar surface area (TPSA) is 90.8 Å². The average molecular weight is 418 g/mol. The summed E-state index contributed by atoms with van der Waals surface area (Å²) in [5, 5.41) is 14.8. The molecule has 8 heteroatoms. The van der Waals surface area contributed by atoms with E-state index in [1.165, 1.54) is 28.6 Å². The lowest BCUT2D eigenvalue weighted by Gasteiger charge is -2.11. The molecule has 0 saturated carbocycles. The lowest BCUT2D eigenvalue weighted by molar-refractivity contribution is -0.301. The molecule has 0 saturated heterocycles. The van der Waals surface area contributed by atoms with Gasteiger partial charge in [-0.25, -0.2) is 5.43 Å². The van der Waals surface area contributed by atoms with Crippen LogP contribution in [0.25, 0.3) is 0 Å². The minimum Gasteiger partial charge on any atom is -0.549 e. The number of thiophene rings is 1. The maximum Gasteiger partial charge on any atom is 0.281 e. The Hall–Kier alpha value is -2.32. The van der Waals surface area contributed by atoms with Crippen molar-refractivity contribution in [3.63, 3.8) is 0 Å². The highest BCUT2D eigenvalue weighted by atomic mass is 32.2. The predicted octanol–water partition coefficient (Wildman–Crippen LogP) is 2.38. The molecule has 3 rings (SSSR count). The number of hydrogen-bond donors (Lipinski definition) is 1. The molecule has 0 fully saturated rings. The van der Waals surface area contributed by atoms with Gasteiger partial charge in [-0.1, -0.05) is 0 Å². The third-order valence-electron chi connectivity index (χ3n) is 4.47. The standard InChI is InChI=1S/C20H22N2O4S2/c1-12(21-22-20(25)18-9-14-4-3-5-17(14)28-18)13-6-7-16(26-2)15(8-13)10-27-11-19(23)24/h6-9H,3-5,10-11H2,1-2H3,(H,22,25)(H,23,24)/p-1/b21-12-. The number of hydrazone groups is 1. The van der Waals surface area contributed by atoms with Crippen LogP contribution in [-0.2, 0) is 23.4 Å². The first-order valence-corrected chi connectivity index (χ1v) is 10.9. The molecule has 0 unspecified atom stereocenters. The van der Waals surface area contributed by atoms with Gasteiger partial charge < -0.3 is 14.6 Å². The normalized spacial score (nSPS) is 13.3. The Labute approximate surface area is 172 Å². The molecule has 148 valence electrons. The first-order valence-electron chi connectivity index (χ1n) is 8.89. The van der Waals surface area contributed by atoms with Crippen molar-refractivity contribution in [2.24, 2.45) is 5.10 Å². The van der Waals surface area contributed by atoms with E-state index in [0.717, 1.165) is 24.0 Å². The van der Waals surface area contributed by atoms with Gasteiger partial charge in [0.2, 0.25) is 0 Å². The van der Waals surface area contributed by atoms with Crippen LogP contribution in [0.15, 0.2) is 29.4 Å². The van der Waals surface area contributed by atoms with Crippen LogP contribution < -0.4 is 15.3 Å². The number of amides is 1. The number of methoxy groups -OCH3 is 1. The Kier molecular flexibility index (Phi) is 6.74. The number of rotatable bonds is 8. The summed E-state index contributed by atoms with van der Waals surface area (Å²) < 4.78 is 5.34. The summed E-state index contributed by atoms with van der Waals surface area (Å²) >= 11 is 2.78. The summed E-state index contributed by atoms with van der Waals surface area (Å²) in [7, 11) is 1.57. The van der Waals surface area contributed by atoms with Gasteiger partial charge >= 0.3 is 0 Å². The Morgan fingerprint density at radius 3 is 2.86 bits per heavy atom. The third kappa shape index (κ3) is 4.94. The number of benzene rings is 1. The lowest BCUT2D eigenvalue weighted by atomic mass is 10.1. The average Bonchev–Trinajstić information content (AvgIpc) is 3.27. The number of carboxylic acids is 1. The fraction of sp³-hybridized carbons (Fsp3) is 0.350. The number of fused-ring (bicyclic) bond motifs is 1. The second-order valence-electron chi connectivity index (χ2n) is 6.44. The predicted molar refractivity (Wildman–Crippen MR) is 110 cm³/mol. The lowest BCUT2D eigenvalue weighted by Crippen LogP contribution is -2.24. The third-order valence-corrected chi connectivity index (χ3v) is 6.66. The van der Waals surface area contributed by atoms with E-state index >= 15 is 0 Å². The first kappa shape index (κ1) is 20.4. The summed E-state index contributed by atoms with van der Waals surface area (Å²) in [6, 6.07) is 7.53. The highest BCUT2D eigenvalue weighted by Gasteiger charge is 2.18. The molecule has 0 atom stereocenters. The quantitative estimate of drug-likeness (QED) is 0.526. The van der Waals surface area contributed by atoms with Crippen LogP contribution in [0.2, 0.25) is 0 Å². The van der Waals surface area contributed by atoms with E-state index in [2.05, 4.69) is 10.5 Å². The maximum absolute atomic E-state index is 12.4. The highest BCUT2D eigenvalue weighted by Crippen LogP contribution is 2.30. The molecule has 1 amide bonds. The van der Waals surface area contributed by atoms with E-state index in [9.17, 15) is 14.7 Å². The zero-order chi connectivity index (χ0) is 20.1. The number of carbonyl (C=O) groups excluding carboxylic acids is 2. The molecule has 1 aliphatic rings. The van der Waals surface area contributed by atoms with Crippen molar-refractivity contribution < 1.29 is 19.4 Å². The van der Waals surface area contributed by atoms with Crippen LogP contribution in [0, 0.1) is 0 Å². The number of aliphatic carboxylic acids is 1. The van der Waals surface area contributed by atoms with Gasteiger partial charge in [-0.15, -0.1) is 11.3 Å². The van der Waals surface area contributed by atoms with Crippen molar-refractivity contribution in [2.75, 3.05) is 12.9 Å². The van der Waals surface area contributed by atoms with Crippen molar-refractivity contribution >= 4 is 40.7 Å². The highest BCUT2D eigenvalue weighted by molar-refractivity contribution is 7.99. The fourth-order valence-corrected chi connectivity index (χ4v) is 4.91. The van der Waals surface area contributed by atoms with Gasteiger partial charge in [0.05, 0.1) is 23.7 Å². The number of nitrogens with zero attached hydrogens (tertiary/aromatic N) is 1. The van der Waals surface area contributed by atoms with Gasteiger partial charge in [0.15, 0.2) is 0 Å². The molecular formula is C20H21N2O4S2-. The van der Waals surface area contributed by atoms with E-state index < -0.39 is 5.97 Å². The van der Waals surface area contributed by atoms with Gasteiger partial charge in [-0.2, -0.15) is 16.9 Å². The summed E-state index contributed by atoms with van der Waals surface area (Å²) in [6.07, 6.45) is 3.27. The summed E-state index contributed by atoms with van der Waals surface area (Å²) in [4.78, 5) is 25.0. The van der Waals surface area contributed by atoms with Crippen LogP contribution >= 0.6 is 23.1 Å². The number of carboxylic acid groups (broad SMARTS) is 1. The largest absolute Gasteiger partial charge is 0.549 e. The first-order chi connectivity index (χ1) is 13.5. The molecule has 0 bridgehead atoms. The van der Waals surface area contributed by atoms with Crippen LogP contribution in [0.4, 0.5) is 0 Å². The maximum atomic E-state index is 12.4. The van der Waals surface area contributed by atoms with Gasteiger partial charge in [-0.3, -0.25) is 4.79 Å². The summed E-state index contributed by atoms with van der Waals surface area (Å²) in [6.45, 7) is 1.81. The minimum atomic E-state index is -1.10. The van der Waals surface area contributed by atoms with Crippen molar-refractivity contribution in [2.45, 2.75) is 31.9 Å². The zero-order valence-electron chi connectivity index (χ0n) is 15.7. The van der Waals surface area contributed by atoms with E-state index in [4.69, 9.17) is 4.74 Å². The van der Waals surface area contributed by atoms with Crippen LogP contribution in [0.1, 0.15) is 44.6 Å². The molecule has 0 spiro atoms. The number of ether oxygens (including phenoxy) is 1. The molecule has 6 nitrogen and oxygen atoms in total. The molecule has 28 heavy (non-hydrogen) atoms. The van der Waals surface area contributed by atoms with Crippen molar-refractivity contribution in [1.82, 2.24) is 5.43 Å². The zero-order valence-corrected chi connectivity index (χ0v) is 17.4. The van der Waals surface area contributed by atoms with E-state index in [-0.39, 0.29) is 11.7 Å². The molecule has 2 aromatic rings.